The summed E-state index contributed by atoms with van der Waals surface area (Å²) in [5.74, 6) is -0.00327. The first kappa shape index (κ1) is 18.0. The maximum absolute atomic E-state index is 12.8. The van der Waals surface area contributed by atoms with E-state index < -0.39 is 0 Å². The minimum Gasteiger partial charge on any atom is -0.506 e. The number of hydrogen-bond acceptors (Lipinski definition) is 4. The number of benzene rings is 3. The van der Waals surface area contributed by atoms with Crippen LogP contribution in [0.2, 0.25) is 5.02 Å². The third kappa shape index (κ3) is 4.07. The first-order chi connectivity index (χ1) is 12.6. The summed E-state index contributed by atoms with van der Waals surface area (Å²) in [6.07, 6.45) is 0.686. The molecule has 0 heterocycles. The summed E-state index contributed by atoms with van der Waals surface area (Å²) in [5.41, 5.74) is 6.18. The highest BCUT2D eigenvalue weighted by Crippen LogP contribution is 2.30. The molecule has 0 fully saturated rings. The monoisotopic (exact) mass is 370 g/mol. The van der Waals surface area contributed by atoms with Crippen LogP contribution >= 0.6 is 11.6 Å². The van der Waals surface area contributed by atoms with Crippen LogP contribution < -0.4 is 15.8 Å². The van der Waals surface area contributed by atoms with Gasteiger partial charge in [-0.05, 0) is 48.0 Å². The van der Waals surface area contributed by atoms with E-state index in [0.717, 1.165) is 10.8 Å². The molecule has 0 aliphatic rings. The quantitative estimate of drug-likeness (QED) is 0.449. The molecule has 3 aromatic rings. The minimum atomic E-state index is -0.379. The zero-order chi connectivity index (χ0) is 18.5. The SMILES string of the molecule is NCCCOc1cc2ccccc2cc1C(=O)Nc1ccc(Cl)cc1O. The lowest BCUT2D eigenvalue weighted by Crippen LogP contribution is -2.15. The van der Waals surface area contributed by atoms with Gasteiger partial charge in [-0.2, -0.15) is 0 Å². The first-order valence-electron chi connectivity index (χ1n) is 8.24. The number of hydrogen-bond donors (Lipinski definition) is 3. The molecule has 0 atom stereocenters. The molecule has 0 aliphatic carbocycles. The predicted octanol–water partition coefficient (Wildman–Crippen LogP) is 4.18. The molecule has 0 aliphatic heterocycles. The lowest BCUT2D eigenvalue weighted by molar-refractivity contribution is 0.102. The first-order valence-corrected chi connectivity index (χ1v) is 8.62. The van der Waals surface area contributed by atoms with Crippen LogP contribution in [0.1, 0.15) is 16.8 Å². The summed E-state index contributed by atoms with van der Waals surface area (Å²) >= 11 is 5.83. The van der Waals surface area contributed by atoms with E-state index in [0.29, 0.717) is 35.9 Å². The molecule has 0 radical (unpaired) electrons. The van der Waals surface area contributed by atoms with Gasteiger partial charge in [0.05, 0.1) is 17.9 Å². The van der Waals surface area contributed by atoms with Crippen LogP contribution in [0.4, 0.5) is 5.69 Å². The van der Waals surface area contributed by atoms with Crippen LogP contribution in [0.15, 0.2) is 54.6 Å². The van der Waals surface area contributed by atoms with Gasteiger partial charge in [0.25, 0.3) is 5.91 Å². The van der Waals surface area contributed by atoms with Crippen molar-refractivity contribution in [3.8, 4) is 11.5 Å². The van der Waals surface area contributed by atoms with Gasteiger partial charge in [-0.3, -0.25) is 4.79 Å². The number of halogens is 1. The van der Waals surface area contributed by atoms with Crippen molar-refractivity contribution in [2.75, 3.05) is 18.5 Å². The molecule has 0 bridgehead atoms. The summed E-state index contributed by atoms with van der Waals surface area (Å²) in [6, 6.07) is 15.8. The summed E-state index contributed by atoms with van der Waals surface area (Å²) in [6.45, 7) is 0.926. The number of amides is 1. The normalized spacial score (nSPS) is 10.7. The second-order valence-corrected chi connectivity index (χ2v) is 6.24. The molecular formula is C20H19ClN2O3. The van der Waals surface area contributed by atoms with Crippen molar-refractivity contribution in [3.05, 3.63) is 65.2 Å². The molecule has 4 N–H and O–H groups in total. The van der Waals surface area contributed by atoms with E-state index in [1.54, 1.807) is 18.2 Å². The fourth-order valence-electron chi connectivity index (χ4n) is 2.58. The van der Waals surface area contributed by atoms with Crippen molar-refractivity contribution in [3.63, 3.8) is 0 Å². The Morgan fingerprint density at radius 1 is 1.12 bits per heavy atom. The molecule has 0 spiro atoms. The van der Waals surface area contributed by atoms with Crippen molar-refractivity contribution in [2.24, 2.45) is 5.73 Å². The van der Waals surface area contributed by atoms with Crippen molar-refractivity contribution < 1.29 is 14.6 Å². The van der Waals surface area contributed by atoms with E-state index in [1.807, 2.05) is 30.3 Å². The van der Waals surface area contributed by atoms with Crippen LogP contribution in [-0.4, -0.2) is 24.2 Å². The number of fused-ring (bicyclic) bond motifs is 1. The second kappa shape index (κ2) is 8.08. The van der Waals surface area contributed by atoms with Gasteiger partial charge in [0, 0.05) is 11.1 Å². The molecule has 0 unspecified atom stereocenters. The molecule has 5 nitrogen and oxygen atoms in total. The zero-order valence-electron chi connectivity index (χ0n) is 14.0. The van der Waals surface area contributed by atoms with Gasteiger partial charge >= 0.3 is 0 Å². The third-order valence-corrected chi connectivity index (χ3v) is 4.14. The number of rotatable bonds is 6. The van der Waals surface area contributed by atoms with E-state index in [4.69, 9.17) is 22.1 Å². The number of carbonyl (C=O) groups excluding carboxylic acids is 1. The Kier molecular flexibility index (Phi) is 5.61. The summed E-state index contributed by atoms with van der Waals surface area (Å²) in [5, 5.41) is 14.9. The Morgan fingerprint density at radius 3 is 2.54 bits per heavy atom. The predicted molar refractivity (Wildman–Crippen MR) is 104 cm³/mol. The Balaban J connectivity index is 1.95. The van der Waals surface area contributed by atoms with Crippen LogP contribution in [0, 0.1) is 0 Å². The fraction of sp³-hybridized carbons (Fsp3) is 0.150. The number of nitrogens with two attached hydrogens (primary N) is 1. The maximum atomic E-state index is 12.8. The van der Waals surface area contributed by atoms with Gasteiger partial charge in [-0.25, -0.2) is 0 Å². The lowest BCUT2D eigenvalue weighted by Gasteiger charge is -2.14. The van der Waals surface area contributed by atoms with Gasteiger partial charge in [0.15, 0.2) is 0 Å². The van der Waals surface area contributed by atoms with Gasteiger partial charge in [-0.1, -0.05) is 35.9 Å². The molecule has 134 valence electrons. The molecule has 0 aromatic heterocycles. The number of phenols is 1. The smallest absolute Gasteiger partial charge is 0.259 e. The van der Waals surface area contributed by atoms with Crippen LogP contribution in [-0.2, 0) is 0 Å². The van der Waals surface area contributed by atoms with E-state index in [9.17, 15) is 9.90 Å². The summed E-state index contributed by atoms with van der Waals surface area (Å²) in [7, 11) is 0. The number of ether oxygens (including phenoxy) is 1. The molecule has 1 amide bonds. The van der Waals surface area contributed by atoms with Crippen molar-refractivity contribution >= 4 is 34.0 Å². The molecule has 0 saturated carbocycles. The Bertz CT molecular complexity index is 943. The second-order valence-electron chi connectivity index (χ2n) is 5.80. The topological polar surface area (TPSA) is 84.6 Å². The number of anilines is 1. The molecular weight excluding hydrogens is 352 g/mol. The summed E-state index contributed by atoms with van der Waals surface area (Å²) < 4.78 is 5.77. The highest BCUT2D eigenvalue weighted by atomic mass is 35.5. The Labute approximate surface area is 156 Å². The lowest BCUT2D eigenvalue weighted by atomic mass is 10.1. The van der Waals surface area contributed by atoms with Crippen LogP contribution in [0.25, 0.3) is 10.8 Å². The van der Waals surface area contributed by atoms with E-state index in [-0.39, 0.29) is 17.3 Å². The molecule has 3 aromatic carbocycles. The molecule has 3 rings (SSSR count). The molecule has 6 heteroatoms. The van der Waals surface area contributed by atoms with Crippen molar-refractivity contribution in [1.29, 1.82) is 0 Å². The number of nitrogens with one attached hydrogen (secondary N) is 1. The number of carbonyl (C=O) groups is 1. The standard InChI is InChI=1S/C20H19ClN2O3/c21-15-6-7-17(18(24)12-15)23-20(25)16-10-13-4-1-2-5-14(13)11-19(16)26-9-3-8-22/h1-2,4-7,10-12,24H,3,8-9,22H2,(H,23,25). The van der Waals surface area contributed by atoms with E-state index in [1.165, 1.54) is 6.07 Å². The average Bonchev–Trinajstić information content (AvgIpc) is 2.63. The van der Waals surface area contributed by atoms with Gasteiger partial charge in [0.1, 0.15) is 11.5 Å². The van der Waals surface area contributed by atoms with Crippen LogP contribution in [0.5, 0.6) is 11.5 Å². The fourth-order valence-corrected chi connectivity index (χ4v) is 2.75. The molecule has 0 saturated heterocycles. The average molecular weight is 371 g/mol. The third-order valence-electron chi connectivity index (χ3n) is 3.91. The summed E-state index contributed by atoms with van der Waals surface area (Å²) in [4.78, 5) is 12.8. The minimum absolute atomic E-state index is 0.0998. The molecule has 26 heavy (non-hydrogen) atoms. The van der Waals surface area contributed by atoms with Gasteiger partial charge in [0.2, 0.25) is 0 Å². The number of phenolic OH excluding ortho intramolecular Hbond substituents is 1. The Hall–Kier alpha value is -2.76. The Morgan fingerprint density at radius 2 is 1.85 bits per heavy atom. The van der Waals surface area contributed by atoms with E-state index >= 15 is 0 Å². The van der Waals surface area contributed by atoms with Crippen molar-refractivity contribution in [1.82, 2.24) is 0 Å². The van der Waals surface area contributed by atoms with Gasteiger partial charge in [-0.15, -0.1) is 0 Å². The van der Waals surface area contributed by atoms with Crippen LogP contribution in [0.3, 0.4) is 0 Å². The number of aromatic hydroxyl groups is 1. The maximum Gasteiger partial charge on any atom is 0.259 e. The van der Waals surface area contributed by atoms with E-state index in [2.05, 4.69) is 5.32 Å². The van der Waals surface area contributed by atoms with Crippen molar-refractivity contribution in [2.45, 2.75) is 6.42 Å². The van der Waals surface area contributed by atoms with Gasteiger partial charge < -0.3 is 20.9 Å². The highest BCUT2D eigenvalue weighted by molar-refractivity contribution is 6.30. The highest BCUT2D eigenvalue weighted by Gasteiger charge is 2.16. The zero-order valence-corrected chi connectivity index (χ0v) is 14.8. The largest absolute Gasteiger partial charge is 0.506 e.